The number of benzene rings is 1. The van der Waals surface area contributed by atoms with Gasteiger partial charge in [0.25, 0.3) is 10.0 Å². The number of nitrogens with one attached hydrogen (secondary N) is 1. The second-order valence-electron chi connectivity index (χ2n) is 3.36. The van der Waals surface area contributed by atoms with Crippen molar-refractivity contribution in [3.8, 4) is 0 Å². The number of sulfonamides is 1. The van der Waals surface area contributed by atoms with Gasteiger partial charge in [0.2, 0.25) is 0 Å². The quantitative estimate of drug-likeness (QED) is 0.848. The molecule has 1 N–H and O–H groups in total. The standard InChI is InChI=1S/C10H8Cl2N2O2S2/c1-2-3-17-10-13-8-5-6(11)4-7(12)9(8)18(15,16)14-10/h2,4-5H,1,3H2,(H,13,14). The lowest BCUT2D eigenvalue weighted by Gasteiger charge is -2.18. The molecule has 8 heteroatoms. The lowest BCUT2D eigenvalue weighted by molar-refractivity contribution is 0.598. The molecule has 0 amide bonds. The van der Waals surface area contributed by atoms with E-state index in [1.807, 2.05) is 0 Å². The maximum absolute atomic E-state index is 12.0. The Bertz CT molecular complexity index is 642. The summed E-state index contributed by atoms with van der Waals surface area (Å²) in [6.45, 7) is 3.56. The maximum atomic E-state index is 12.0. The average Bonchev–Trinajstić information content (AvgIpc) is 2.23. The summed E-state index contributed by atoms with van der Waals surface area (Å²) in [5.41, 5.74) is 0.342. The van der Waals surface area contributed by atoms with Crippen LogP contribution in [0.3, 0.4) is 0 Å². The highest BCUT2D eigenvalue weighted by molar-refractivity contribution is 8.15. The molecule has 1 aliphatic rings. The van der Waals surface area contributed by atoms with Crippen molar-refractivity contribution in [2.24, 2.45) is 4.40 Å². The molecular weight excluding hydrogens is 315 g/mol. The lowest BCUT2D eigenvalue weighted by atomic mass is 10.3. The molecule has 0 bridgehead atoms. The smallest absolute Gasteiger partial charge is 0.288 e. The number of rotatable bonds is 2. The van der Waals surface area contributed by atoms with E-state index >= 15 is 0 Å². The van der Waals surface area contributed by atoms with E-state index in [1.54, 1.807) is 6.08 Å². The van der Waals surface area contributed by atoms with Crippen LogP contribution in [-0.4, -0.2) is 19.3 Å². The van der Waals surface area contributed by atoms with Gasteiger partial charge in [-0.3, -0.25) is 0 Å². The van der Waals surface area contributed by atoms with Crippen molar-refractivity contribution in [2.45, 2.75) is 4.90 Å². The molecule has 0 saturated heterocycles. The first-order valence-electron chi connectivity index (χ1n) is 4.79. The van der Waals surface area contributed by atoms with Crippen LogP contribution in [0.2, 0.25) is 10.0 Å². The van der Waals surface area contributed by atoms with E-state index in [0.717, 1.165) is 0 Å². The third-order valence-corrected chi connectivity index (χ3v) is 5.04. The van der Waals surface area contributed by atoms with Gasteiger partial charge in [-0.2, -0.15) is 8.42 Å². The number of amidine groups is 1. The minimum Gasteiger partial charge on any atom is -0.333 e. The molecule has 0 saturated carbocycles. The summed E-state index contributed by atoms with van der Waals surface area (Å²) in [5.74, 6) is 0.547. The Hall–Kier alpha value is -0.690. The summed E-state index contributed by atoms with van der Waals surface area (Å²) in [6, 6.07) is 2.88. The second-order valence-corrected chi connectivity index (χ2v) is 6.75. The fourth-order valence-corrected chi connectivity index (χ4v) is 4.21. The van der Waals surface area contributed by atoms with Gasteiger partial charge in [-0.1, -0.05) is 41.0 Å². The van der Waals surface area contributed by atoms with Crippen LogP contribution in [0.1, 0.15) is 0 Å². The number of thioether (sulfide) groups is 1. The van der Waals surface area contributed by atoms with Crippen LogP contribution in [0.5, 0.6) is 0 Å². The van der Waals surface area contributed by atoms with Gasteiger partial charge in [-0.05, 0) is 12.1 Å². The Morgan fingerprint density at radius 1 is 1.44 bits per heavy atom. The molecule has 18 heavy (non-hydrogen) atoms. The molecule has 0 atom stereocenters. The minimum absolute atomic E-state index is 0.0449. The molecule has 1 heterocycles. The van der Waals surface area contributed by atoms with Gasteiger partial charge in [0, 0.05) is 10.8 Å². The second kappa shape index (κ2) is 5.13. The van der Waals surface area contributed by atoms with E-state index in [4.69, 9.17) is 23.2 Å². The fourth-order valence-electron chi connectivity index (χ4n) is 1.41. The Labute approximate surface area is 119 Å². The predicted octanol–water partition coefficient (Wildman–Crippen LogP) is 3.38. The van der Waals surface area contributed by atoms with Crippen LogP contribution in [0.15, 0.2) is 34.1 Å². The first-order valence-corrected chi connectivity index (χ1v) is 7.97. The summed E-state index contributed by atoms with van der Waals surface area (Å²) in [6.07, 6.45) is 1.65. The summed E-state index contributed by atoms with van der Waals surface area (Å²) in [7, 11) is -3.79. The Kier molecular flexibility index (Phi) is 3.91. The summed E-state index contributed by atoms with van der Waals surface area (Å²) in [5, 5.41) is 3.58. The van der Waals surface area contributed by atoms with Gasteiger partial charge < -0.3 is 5.32 Å². The van der Waals surface area contributed by atoms with E-state index in [9.17, 15) is 8.42 Å². The van der Waals surface area contributed by atoms with Gasteiger partial charge >= 0.3 is 0 Å². The number of halogens is 2. The molecule has 0 unspecified atom stereocenters. The van der Waals surface area contributed by atoms with Crippen molar-refractivity contribution < 1.29 is 8.42 Å². The van der Waals surface area contributed by atoms with E-state index in [0.29, 0.717) is 16.5 Å². The highest BCUT2D eigenvalue weighted by Crippen LogP contribution is 2.37. The fraction of sp³-hybridized carbons (Fsp3) is 0.100. The highest BCUT2D eigenvalue weighted by atomic mass is 35.5. The SMILES string of the molecule is C=CCSC1=NS(=O)(=O)c2c(Cl)cc(Cl)cc2N1. The van der Waals surface area contributed by atoms with Crippen LogP contribution < -0.4 is 5.32 Å². The van der Waals surface area contributed by atoms with E-state index in [-0.39, 0.29) is 15.1 Å². The van der Waals surface area contributed by atoms with Gasteiger partial charge in [0.05, 0.1) is 10.7 Å². The molecule has 1 aromatic rings. The summed E-state index contributed by atoms with van der Waals surface area (Å²) < 4.78 is 27.6. The molecule has 0 radical (unpaired) electrons. The monoisotopic (exact) mass is 322 g/mol. The van der Waals surface area contributed by atoms with Gasteiger partial charge in [-0.25, -0.2) is 0 Å². The van der Waals surface area contributed by atoms with Crippen LogP contribution in [0.4, 0.5) is 5.69 Å². The molecule has 1 aliphatic heterocycles. The summed E-state index contributed by atoms with van der Waals surface area (Å²) >= 11 is 13.0. The zero-order chi connectivity index (χ0) is 13.3. The largest absolute Gasteiger partial charge is 0.333 e. The van der Waals surface area contributed by atoms with Crippen molar-refractivity contribution >= 4 is 55.8 Å². The summed E-state index contributed by atoms with van der Waals surface area (Å²) in [4.78, 5) is -0.0449. The average molecular weight is 323 g/mol. The topological polar surface area (TPSA) is 58.5 Å². The molecule has 2 rings (SSSR count). The third kappa shape index (κ3) is 2.66. The molecule has 0 aliphatic carbocycles. The molecule has 4 nitrogen and oxygen atoms in total. The van der Waals surface area contributed by atoms with E-state index in [2.05, 4.69) is 16.3 Å². The number of fused-ring (bicyclic) bond motifs is 1. The van der Waals surface area contributed by atoms with Gasteiger partial charge in [-0.15, -0.1) is 11.0 Å². The molecule has 0 fully saturated rings. The Morgan fingerprint density at radius 3 is 2.83 bits per heavy atom. The first kappa shape index (κ1) is 13.7. The lowest BCUT2D eigenvalue weighted by Crippen LogP contribution is -2.19. The normalized spacial score (nSPS) is 16.4. The van der Waals surface area contributed by atoms with E-state index < -0.39 is 10.0 Å². The minimum atomic E-state index is -3.79. The predicted molar refractivity (Wildman–Crippen MR) is 77.4 cm³/mol. The Balaban J connectivity index is 2.51. The highest BCUT2D eigenvalue weighted by Gasteiger charge is 2.28. The zero-order valence-electron chi connectivity index (χ0n) is 8.98. The van der Waals surface area contributed by atoms with Gasteiger partial charge in [0.15, 0.2) is 5.17 Å². The molecule has 0 aromatic heterocycles. The van der Waals surface area contributed by atoms with Crippen molar-refractivity contribution in [3.05, 3.63) is 34.8 Å². The molecular formula is C10H8Cl2N2O2S2. The van der Waals surface area contributed by atoms with Crippen LogP contribution >= 0.6 is 35.0 Å². The number of nitrogens with zero attached hydrogens (tertiary/aromatic N) is 1. The number of hydrogen-bond acceptors (Lipinski definition) is 4. The Morgan fingerprint density at radius 2 is 2.17 bits per heavy atom. The maximum Gasteiger partial charge on any atom is 0.288 e. The van der Waals surface area contributed by atoms with Crippen molar-refractivity contribution in [1.82, 2.24) is 0 Å². The van der Waals surface area contributed by atoms with Gasteiger partial charge in [0.1, 0.15) is 4.90 Å². The first-order chi connectivity index (χ1) is 8.44. The van der Waals surface area contributed by atoms with Crippen LogP contribution in [-0.2, 0) is 10.0 Å². The van der Waals surface area contributed by atoms with Crippen molar-refractivity contribution in [1.29, 1.82) is 0 Å². The van der Waals surface area contributed by atoms with Crippen molar-refractivity contribution in [2.75, 3.05) is 11.1 Å². The van der Waals surface area contributed by atoms with E-state index in [1.165, 1.54) is 23.9 Å². The van der Waals surface area contributed by atoms with Crippen LogP contribution in [0.25, 0.3) is 0 Å². The zero-order valence-corrected chi connectivity index (χ0v) is 12.1. The molecule has 0 spiro atoms. The van der Waals surface area contributed by atoms with Crippen molar-refractivity contribution in [3.63, 3.8) is 0 Å². The molecule has 96 valence electrons. The number of hydrogen-bond donors (Lipinski definition) is 1. The number of anilines is 1. The third-order valence-electron chi connectivity index (χ3n) is 2.05. The molecule has 1 aromatic carbocycles. The van der Waals surface area contributed by atoms with Crippen LogP contribution in [0, 0.1) is 0 Å².